The summed E-state index contributed by atoms with van der Waals surface area (Å²) in [6, 6.07) is 10.8. The van der Waals surface area contributed by atoms with Crippen LogP contribution in [0.2, 0.25) is 0 Å². The fourth-order valence-electron chi connectivity index (χ4n) is 3.62. The number of fused-ring (bicyclic) bond motifs is 1. The first-order valence-corrected chi connectivity index (χ1v) is 11.7. The second-order valence-corrected chi connectivity index (χ2v) is 9.48. The first kappa shape index (κ1) is 22.0. The van der Waals surface area contributed by atoms with Gasteiger partial charge >= 0.3 is 0 Å². The number of nitrogens with zero attached hydrogens (tertiary/aromatic N) is 1. The molecule has 1 aliphatic rings. The number of anilines is 1. The van der Waals surface area contributed by atoms with E-state index in [4.69, 9.17) is 9.47 Å². The highest BCUT2D eigenvalue weighted by Gasteiger charge is 2.35. The molecule has 0 radical (unpaired) electrons. The highest BCUT2D eigenvalue weighted by Crippen LogP contribution is 2.36. The molecular weight excluding hydrogens is 404 g/mol. The van der Waals surface area contributed by atoms with Crippen LogP contribution in [0.3, 0.4) is 0 Å². The maximum absolute atomic E-state index is 13.0. The Hall–Kier alpha value is -2.74. The minimum absolute atomic E-state index is 0.0706. The molecule has 0 aromatic heterocycles. The van der Waals surface area contributed by atoms with Gasteiger partial charge in [-0.25, -0.2) is 8.42 Å². The van der Waals surface area contributed by atoms with E-state index in [1.807, 2.05) is 45.0 Å². The Morgan fingerprint density at radius 1 is 1.27 bits per heavy atom. The highest BCUT2D eigenvalue weighted by molar-refractivity contribution is 7.92. The minimum Gasteiger partial charge on any atom is -0.496 e. The zero-order chi connectivity index (χ0) is 22.1. The largest absolute Gasteiger partial charge is 0.496 e. The van der Waals surface area contributed by atoms with Crippen LogP contribution < -0.4 is 19.1 Å². The number of aryl methyl sites for hydroxylation is 2. The van der Waals surface area contributed by atoms with E-state index in [0.717, 1.165) is 28.7 Å². The van der Waals surface area contributed by atoms with E-state index < -0.39 is 16.1 Å². The van der Waals surface area contributed by atoms with Gasteiger partial charge in [-0.15, -0.1) is 0 Å². The molecule has 3 rings (SSSR count). The van der Waals surface area contributed by atoms with Gasteiger partial charge in [0.2, 0.25) is 10.0 Å². The minimum atomic E-state index is -3.56. The predicted octanol–water partition coefficient (Wildman–Crippen LogP) is 3.11. The zero-order valence-corrected chi connectivity index (χ0v) is 18.7. The molecule has 0 spiro atoms. The van der Waals surface area contributed by atoms with E-state index in [1.54, 1.807) is 19.2 Å². The molecule has 7 nitrogen and oxygen atoms in total. The van der Waals surface area contributed by atoms with Crippen molar-refractivity contribution in [1.29, 1.82) is 0 Å². The van der Waals surface area contributed by atoms with E-state index in [2.05, 4.69) is 5.32 Å². The molecule has 0 unspecified atom stereocenters. The number of hydrogen-bond acceptors (Lipinski definition) is 5. The Kier molecular flexibility index (Phi) is 6.26. The second kappa shape index (κ2) is 8.55. The number of rotatable bonds is 6. The molecule has 1 amide bonds. The summed E-state index contributed by atoms with van der Waals surface area (Å²) in [6.45, 7) is 5.74. The Morgan fingerprint density at radius 3 is 2.60 bits per heavy atom. The lowest BCUT2D eigenvalue weighted by Gasteiger charge is -2.34. The van der Waals surface area contributed by atoms with Gasteiger partial charge in [0.1, 0.15) is 11.5 Å². The summed E-state index contributed by atoms with van der Waals surface area (Å²) < 4.78 is 37.1. The highest BCUT2D eigenvalue weighted by atomic mass is 32.2. The fourth-order valence-corrected chi connectivity index (χ4v) is 4.53. The Bertz CT molecular complexity index is 1050. The van der Waals surface area contributed by atoms with Gasteiger partial charge in [0.15, 0.2) is 6.10 Å². The van der Waals surface area contributed by atoms with Crippen LogP contribution in [0.4, 0.5) is 5.69 Å². The maximum Gasteiger partial charge on any atom is 0.263 e. The fraction of sp³-hybridized carbons (Fsp3) is 0.409. The third-order valence-electron chi connectivity index (χ3n) is 5.22. The van der Waals surface area contributed by atoms with Crippen LogP contribution in [-0.2, 0) is 14.8 Å². The van der Waals surface area contributed by atoms with E-state index in [0.29, 0.717) is 17.9 Å². The first-order valence-electron chi connectivity index (χ1n) is 9.84. The molecular formula is C22H28N2O5S. The number of hydrogen-bond donors (Lipinski definition) is 1. The van der Waals surface area contributed by atoms with Gasteiger partial charge in [-0.3, -0.25) is 9.10 Å². The predicted molar refractivity (Wildman–Crippen MR) is 117 cm³/mol. The molecule has 0 fully saturated rings. The third kappa shape index (κ3) is 4.53. The van der Waals surface area contributed by atoms with Crippen LogP contribution in [0.25, 0.3) is 0 Å². The lowest BCUT2D eigenvalue weighted by atomic mass is 10.0. The number of carbonyl (C=O) groups is 1. The summed E-state index contributed by atoms with van der Waals surface area (Å²) in [5, 5.41) is 3.01. The lowest BCUT2D eigenvalue weighted by molar-refractivity contribution is -0.128. The lowest BCUT2D eigenvalue weighted by Crippen LogP contribution is -2.51. The Morgan fingerprint density at radius 2 is 2.00 bits per heavy atom. The van der Waals surface area contributed by atoms with Gasteiger partial charge in [-0.05, 0) is 55.2 Å². The number of sulfonamides is 1. The van der Waals surface area contributed by atoms with Crippen LogP contribution in [0.5, 0.6) is 11.5 Å². The van der Waals surface area contributed by atoms with Gasteiger partial charge < -0.3 is 14.8 Å². The van der Waals surface area contributed by atoms with Crippen molar-refractivity contribution < 1.29 is 22.7 Å². The Balaban J connectivity index is 1.84. The molecule has 2 aromatic rings. The number of carbonyl (C=O) groups excluding carboxylic acids is 1. The summed E-state index contributed by atoms with van der Waals surface area (Å²) in [6.07, 6.45) is 0.865. The summed E-state index contributed by atoms with van der Waals surface area (Å²) in [5.74, 6) is 0.822. The molecule has 162 valence electrons. The monoisotopic (exact) mass is 432 g/mol. The van der Waals surface area contributed by atoms with Gasteiger partial charge in [0.25, 0.3) is 5.91 Å². The normalized spacial score (nSPS) is 17.0. The first-order chi connectivity index (χ1) is 14.1. The molecule has 8 heteroatoms. The molecule has 0 bridgehead atoms. The van der Waals surface area contributed by atoms with Crippen LogP contribution in [0, 0.1) is 13.8 Å². The van der Waals surface area contributed by atoms with Crippen LogP contribution in [0.1, 0.15) is 36.1 Å². The molecule has 1 N–H and O–H groups in total. The number of amides is 1. The van der Waals surface area contributed by atoms with Crippen molar-refractivity contribution in [2.45, 2.75) is 39.3 Å². The third-order valence-corrected chi connectivity index (χ3v) is 6.37. The standard InChI is InChI=1S/C22H28N2O5S/c1-6-17(16-8-10-19(28-4)15(3)12-16)23-22(25)21-13-24(30(5,26)27)18-9-7-14(2)11-20(18)29-21/h7-12,17,21H,6,13H2,1-5H3,(H,23,25)/t17-,21+/m0/s1. The smallest absolute Gasteiger partial charge is 0.263 e. The zero-order valence-electron chi connectivity index (χ0n) is 17.9. The molecule has 2 aromatic carbocycles. The van der Waals surface area contributed by atoms with Crippen molar-refractivity contribution in [2.24, 2.45) is 0 Å². The van der Waals surface area contributed by atoms with E-state index in [9.17, 15) is 13.2 Å². The topological polar surface area (TPSA) is 84.9 Å². The molecule has 0 saturated carbocycles. The number of ether oxygens (including phenoxy) is 2. The summed E-state index contributed by atoms with van der Waals surface area (Å²) in [7, 11) is -1.94. The van der Waals surface area contributed by atoms with Crippen molar-refractivity contribution in [2.75, 3.05) is 24.2 Å². The molecule has 1 heterocycles. The summed E-state index contributed by atoms with van der Waals surface area (Å²) >= 11 is 0. The van der Waals surface area contributed by atoms with Crippen molar-refractivity contribution in [3.05, 3.63) is 53.1 Å². The van der Waals surface area contributed by atoms with Crippen molar-refractivity contribution >= 4 is 21.6 Å². The average Bonchev–Trinajstić information content (AvgIpc) is 2.69. The number of benzene rings is 2. The van der Waals surface area contributed by atoms with Gasteiger partial charge in [-0.1, -0.05) is 25.1 Å². The molecule has 0 saturated heterocycles. The summed E-state index contributed by atoms with van der Waals surface area (Å²) in [5.41, 5.74) is 3.30. The average molecular weight is 433 g/mol. The maximum atomic E-state index is 13.0. The van der Waals surface area contributed by atoms with Crippen molar-refractivity contribution in [1.82, 2.24) is 5.32 Å². The van der Waals surface area contributed by atoms with Crippen molar-refractivity contribution in [3.8, 4) is 11.5 Å². The molecule has 2 atom stereocenters. The number of nitrogens with one attached hydrogen (secondary N) is 1. The van der Waals surface area contributed by atoms with Crippen LogP contribution in [-0.4, -0.2) is 40.3 Å². The van der Waals surface area contributed by atoms with Gasteiger partial charge in [0.05, 0.1) is 31.6 Å². The van der Waals surface area contributed by atoms with Crippen molar-refractivity contribution in [3.63, 3.8) is 0 Å². The van der Waals surface area contributed by atoms with Gasteiger partial charge in [-0.2, -0.15) is 0 Å². The van der Waals surface area contributed by atoms with E-state index >= 15 is 0 Å². The summed E-state index contributed by atoms with van der Waals surface area (Å²) in [4.78, 5) is 13.0. The quantitative estimate of drug-likeness (QED) is 0.758. The second-order valence-electron chi connectivity index (χ2n) is 7.57. The van der Waals surface area contributed by atoms with E-state index in [-0.39, 0.29) is 18.5 Å². The SMILES string of the molecule is CC[C@H](NC(=O)[C@H]1CN(S(C)(=O)=O)c2ccc(C)cc2O1)c1ccc(OC)c(C)c1. The Labute approximate surface area is 178 Å². The van der Waals surface area contributed by atoms with Gasteiger partial charge in [0, 0.05) is 0 Å². The van der Waals surface area contributed by atoms with Crippen LogP contribution in [0.15, 0.2) is 36.4 Å². The molecule has 1 aliphatic heterocycles. The van der Waals surface area contributed by atoms with Crippen LogP contribution >= 0.6 is 0 Å². The number of methoxy groups -OCH3 is 1. The molecule has 0 aliphatic carbocycles. The van der Waals surface area contributed by atoms with E-state index in [1.165, 1.54) is 4.31 Å². The molecule has 30 heavy (non-hydrogen) atoms.